The first kappa shape index (κ1) is 18.8. The molecule has 0 unspecified atom stereocenters. The highest BCUT2D eigenvalue weighted by molar-refractivity contribution is 6.36. The minimum absolute atomic E-state index is 0.211. The van der Waals surface area contributed by atoms with Gasteiger partial charge in [-0.25, -0.2) is 14.8 Å². The lowest BCUT2D eigenvalue weighted by molar-refractivity contribution is 0.251. The first-order chi connectivity index (χ1) is 13.6. The van der Waals surface area contributed by atoms with Gasteiger partial charge in [-0.1, -0.05) is 35.3 Å². The summed E-state index contributed by atoms with van der Waals surface area (Å²) in [6.07, 6.45) is 2.33. The fraction of sp³-hybridized carbons (Fsp3) is 0.250. The molecule has 0 atom stereocenters. The zero-order chi connectivity index (χ0) is 19.5. The van der Waals surface area contributed by atoms with E-state index in [0.29, 0.717) is 21.6 Å². The average molecular weight is 416 g/mol. The highest BCUT2D eigenvalue weighted by Crippen LogP contribution is 2.27. The average Bonchev–Trinajstić information content (AvgIpc) is 3.22. The van der Waals surface area contributed by atoms with Gasteiger partial charge in [-0.15, -0.1) is 0 Å². The van der Waals surface area contributed by atoms with Gasteiger partial charge in [0.25, 0.3) is 0 Å². The summed E-state index contributed by atoms with van der Waals surface area (Å²) in [5.41, 5.74) is 1.36. The molecule has 1 aliphatic heterocycles. The second-order valence-corrected chi connectivity index (χ2v) is 7.45. The molecule has 0 saturated carbocycles. The van der Waals surface area contributed by atoms with Crippen LogP contribution in [0.15, 0.2) is 42.5 Å². The van der Waals surface area contributed by atoms with Crippen molar-refractivity contribution in [1.29, 1.82) is 0 Å². The normalized spacial score (nSPS) is 13.7. The number of amides is 2. The predicted octanol–water partition coefficient (Wildman–Crippen LogP) is 4.86. The Balaban J connectivity index is 1.50. The molecule has 6 nitrogen and oxygen atoms in total. The van der Waals surface area contributed by atoms with E-state index in [-0.39, 0.29) is 12.6 Å². The second kappa shape index (κ2) is 8.20. The molecule has 3 aromatic rings. The molecule has 1 saturated heterocycles. The quantitative estimate of drug-likeness (QED) is 0.638. The molecular weight excluding hydrogens is 397 g/mol. The number of nitrogens with one attached hydrogen (secondary N) is 2. The fourth-order valence-corrected chi connectivity index (χ4v) is 3.73. The molecule has 1 aliphatic rings. The van der Waals surface area contributed by atoms with Crippen LogP contribution in [0, 0.1) is 0 Å². The van der Waals surface area contributed by atoms with Gasteiger partial charge in [0.2, 0.25) is 0 Å². The van der Waals surface area contributed by atoms with Gasteiger partial charge in [-0.05, 0) is 43.2 Å². The molecule has 144 valence electrons. The van der Waals surface area contributed by atoms with Crippen LogP contribution in [0.1, 0.15) is 18.7 Å². The lowest BCUT2D eigenvalue weighted by Gasteiger charge is -2.19. The summed E-state index contributed by atoms with van der Waals surface area (Å²) in [6.45, 7) is 2.19. The first-order valence-electron chi connectivity index (χ1n) is 9.11. The van der Waals surface area contributed by atoms with Crippen molar-refractivity contribution in [3.63, 3.8) is 0 Å². The SMILES string of the molecule is O=C(NCc1nc(N2CCCC2)c2ccccc2n1)Nc1ccc(Cl)cc1Cl. The molecule has 2 heterocycles. The molecule has 28 heavy (non-hydrogen) atoms. The Labute approximate surface area is 172 Å². The predicted molar refractivity (Wildman–Crippen MR) is 113 cm³/mol. The summed E-state index contributed by atoms with van der Waals surface area (Å²) in [4.78, 5) is 23.8. The van der Waals surface area contributed by atoms with Crippen LogP contribution in [0.25, 0.3) is 10.9 Å². The van der Waals surface area contributed by atoms with E-state index in [9.17, 15) is 4.79 Å². The summed E-state index contributed by atoms with van der Waals surface area (Å²) in [6, 6.07) is 12.5. The lowest BCUT2D eigenvalue weighted by atomic mass is 10.2. The van der Waals surface area contributed by atoms with Gasteiger partial charge >= 0.3 is 6.03 Å². The van der Waals surface area contributed by atoms with Crippen molar-refractivity contribution in [2.24, 2.45) is 0 Å². The van der Waals surface area contributed by atoms with E-state index in [1.807, 2.05) is 24.3 Å². The third-order valence-corrected chi connectivity index (χ3v) is 5.17. The Morgan fingerprint density at radius 3 is 2.64 bits per heavy atom. The van der Waals surface area contributed by atoms with Crippen LogP contribution < -0.4 is 15.5 Å². The first-order valence-corrected chi connectivity index (χ1v) is 9.86. The molecule has 1 fully saturated rings. The van der Waals surface area contributed by atoms with Gasteiger partial charge in [0.15, 0.2) is 5.82 Å². The van der Waals surface area contributed by atoms with Crippen LogP contribution in [0.4, 0.5) is 16.3 Å². The van der Waals surface area contributed by atoms with E-state index in [1.54, 1.807) is 18.2 Å². The molecule has 1 aromatic heterocycles. The number of para-hydroxylation sites is 1. The number of carbonyl (C=O) groups excluding carboxylic acids is 1. The summed E-state index contributed by atoms with van der Waals surface area (Å²) >= 11 is 12.0. The molecule has 2 aromatic carbocycles. The Morgan fingerprint density at radius 1 is 1.07 bits per heavy atom. The fourth-order valence-electron chi connectivity index (χ4n) is 3.27. The smallest absolute Gasteiger partial charge is 0.319 e. The molecular formula is C20H19Cl2N5O. The second-order valence-electron chi connectivity index (χ2n) is 6.61. The highest BCUT2D eigenvalue weighted by Gasteiger charge is 2.18. The third kappa shape index (κ3) is 4.13. The van der Waals surface area contributed by atoms with Gasteiger partial charge in [0, 0.05) is 23.5 Å². The molecule has 4 rings (SSSR count). The summed E-state index contributed by atoms with van der Waals surface area (Å²) < 4.78 is 0. The Morgan fingerprint density at radius 2 is 1.86 bits per heavy atom. The van der Waals surface area contributed by atoms with Crippen molar-refractivity contribution in [3.05, 3.63) is 58.3 Å². The molecule has 0 spiro atoms. The number of urea groups is 1. The molecule has 0 aliphatic carbocycles. The number of halogens is 2. The number of nitrogens with zero attached hydrogens (tertiary/aromatic N) is 3. The summed E-state index contributed by atoms with van der Waals surface area (Å²) in [5, 5.41) is 7.41. The molecule has 0 radical (unpaired) electrons. The molecule has 0 bridgehead atoms. The molecule has 8 heteroatoms. The number of hydrogen-bond acceptors (Lipinski definition) is 4. The van der Waals surface area contributed by atoms with Gasteiger partial charge in [-0.2, -0.15) is 0 Å². The number of aromatic nitrogens is 2. The Kier molecular flexibility index (Phi) is 5.50. The van der Waals surface area contributed by atoms with Crippen molar-refractivity contribution >= 4 is 51.6 Å². The van der Waals surface area contributed by atoms with Crippen LogP contribution in [-0.4, -0.2) is 29.1 Å². The van der Waals surface area contributed by atoms with Gasteiger partial charge in [0.05, 0.1) is 22.8 Å². The third-order valence-electron chi connectivity index (χ3n) is 4.62. The van der Waals surface area contributed by atoms with E-state index in [0.717, 1.165) is 42.7 Å². The van der Waals surface area contributed by atoms with Crippen molar-refractivity contribution in [1.82, 2.24) is 15.3 Å². The van der Waals surface area contributed by atoms with E-state index in [1.165, 1.54) is 0 Å². The van der Waals surface area contributed by atoms with Gasteiger partial charge in [0.1, 0.15) is 5.82 Å². The zero-order valence-electron chi connectivity index (χ0n) is 15.1. The van der Waals surface area contributed by atoms with Crippen LogP contribution in [0.5, 0.6) is 0 Å². The van der Waals surface area contributed by atoms with E-state index < -0.39 is 0 Å². The topological polar surface area (TPSA) is 70.2 Å². The lowest BCUT2D eigenvalue weighted by Crippen LogP contribution is -2.29. The zero-order valence-corrected chi connectivity index (χ0v) is 16.6. The van der Waals surface area contributed by atoms with E-state index in [2.05, 4.69) is 20.5 Å². The van der Waals surface area contributed by atoms with Crippen molar-refractivity contribution in [2.75, 3.05) is 23.3 Å². The van der Waals surface area contributed by atoms with Crippen LogP contribution >= 0.6 is 23.2 Å². The van der Waals surface area contributed by atoms with Gasteiger partial charge < -0.3 is 15.5 Å². The Hall–Kier alpha value is -2.57. The number of fused-ring (bicyclic) bond motifs is 1. The van der Waals surface area contributed by atoms with Crippen LogP contribution in [-0.2, 0) is 6.54 Å². The monoisotopic (exact) mass is 415 g/mol. The highest BCUT2D eigenvalue weighted by atomic mass is 35.5. The Bertz CT molecular complexity index is 1020. The van der Waals surface area contributed by atoms with Crippen molar-refractivity contribution in [3.8, 4) is 0 Å². The van der Waals surface area contributed by atoms with Crippen molar-refractivity contribution in [2.45, 2.75) is 19.4 Å². The number of anilines is 2. The minimum atomic E-state index is -0.385. The van der Waals surface area contributed by atoms with E-state index in [4.69, 9.17) is 28.2 Å². The maximum Gasteiger partial charge on any atom is 0.319 e. The van der Waals surface area contributed by atoms with Gasteiger partial charge in [-0.3, -0.25) is 0 Å². The summed E-state index contributed by atoms with van der Waals surface area (Å²) in [5.74, 6) is 1.50. The van der Waals surface area contributed by atoms with Crippen molar-refractivity contribution < 1.29 is 4.79 Å². The molecule has 2 amide bonds. The minimum Gasteiger partial charge on any atom is -0.356 e. The maximum atomic E-state index is 12.2. The number of carbonyl (C=O) groups is 1. The number of rotatable bonds is 4. The largest absolute Gasteiger partial charge is 0.356 e. The van der Waals surface area contributed by atoms with Crippen LogP contribution in [0.2, 0.25) is 10.0 Å². The number of benzene rings is 2. The van der Waals surface area contributed by atoms with E-state index >= 15 is 0 Å². The van der Waals surface area contributed by atoms with Crippen LogP contribution in [0.3, 0.4) is 0 Å². The number of hydrogen-bond donors (Lipinski definition) is 2. The standard InChI is InChI=1S/C20H19Cl2N5O/c21-13-7-8-17(15(22)11-13)25-20(28)23-12-18-24-16-6-2-1-5-14(16)19(26-18)27-9-3-4-10-27/h1-2,5-8,11H,3-4,9-10,12H2,(H2,23,25,28). The molecule has 2 N–H and O–H groups in total. The summed E-state index contributed by atoms with van der Waals surface area (Å²) in [7, 11) is 0. The maximum absolute atomic E-state index is 12.2.